The number of rotatable bonds is 3. The van der Waals surface area contributed by atoms with Crippen LogP contribution in [-0.4, -0.2) is 30.8 Å². The number of carboxylic acids is 1. The Balaban J connectivity index is 2.27. The molecule has 104 valence electrons. The van der Waals surface area contributed by atoms with E-state index >= 15 is 0 Å². The van der Waals surface area contributed by atoms with Crippen LogP contribution in [0.25, 0.3) is 16.7 Å². The van der Waals surface area contributed by atoms with Gasteiger partial charge in [0.05, 0.1) is 16.6 Å². The lowest BCUT2D eigenvalue weighted by Gasteiger charge is -2.06. The molecule has 0 fully saturated rings. The third-order valence-corrected chi connectivity index (χ3v) is 2.97. The molecule has 0 bridgehead atoms. The zero-order valence-electron chi connectivity index (χ0n) is 10.5. The fourth-order valence-electron chi connectivity index (χ4n) is 2.01. The summed E-state index contributed by atoms with van der Waals surface area (Å²) in [6.45, 7) is 0. The second kappa shape index (κ2) is 4.67. The molecule has 3 aromatic rings. The molecule has 3 rings (SSSR count). The number of para-hydroxylation sites is 1. The summed E-state index contributed by atoms with van der Waals surface area (Å²) in [5, 5.41) is 24.9. The standard InChI is InChI=1S/C13H8N4O4/c18-13(19)10-5-9(17(20)21)7-14-12(10)16-11-4-2-1-3-8(11)6-15-16/h1-7H,(H,18,19). The second-order valence-corrected chi connectivity index (χ2v) is 4.24. The van der Waals surface area contributed by atoms with Crippen LogP contribution in [0, 0.1) is 10.1 Å². The Morgan fingerprint density at radius 3 is 2.76 bits per heavy atom. The molecule has 2 aromatic heterocycles. The minimum Gasteiger partial charge on any atom is -0.478 e. The zero-order valence-corrected chi connectivity index (χ0v) is 10.5. The summed E-state index contributed by atoms with van der Waals surface area (Å²) < 4.78 is 1.35. The Labute approximate surface area is 117 Å². The largest absolute Gasteiger partial charge is 0.478 e. The van der Waals surface area contributed by atoms with Crippen LogP contribution in [0.1, 0.15) is 10.4 Å². The number of benzene rings is 1. The average molecular weight is 284 g/mol. The molecule has 0 aliphatic carbocycles. The molecule has 0 radical (unpaired) electrons. The molecule has 0 saturated heterocycles. The number of fused-ring (bicyclic) bond motifs is 1. The lowest BCUT2D eigenvalue weighted by Crippen LogP contribution is -2.09. The number of aromatic carboxylic acids is 1. The van der Waals surface area contributed by atoms with Crippen molar-refractivity contribution in [3.8, 4) is 5.82 Å². The molecule has 2 heterocycles. The van der Waals surface area contributed by atoms with E-state index in [1.807, 2.05) is 12.1 Å². The molecular weight excluding hydrogens is 276 g/mol. The van der Waals surface area contributed by atoms with E-state index in [0.29, 0.717) is 5.52 Å². The summed E-state index contributed by atoms with van der Waals surface area (Å²) in [7, 11) is 0. The Kier molecular flexibility index (Phi) is 2.83. The van der Waals surface area contributed by atoms with E-state index in [9.17, 15) is 20.0 Å². The van der Waals surface area contributed by atoms with E-state index in [1.165, 1.54) is 4.68 Å². The van der Waals surface area contributed by atoms with Gasteiger partial charge in [-0.2, -0.15) is 5.10 Å². The number of nitrogens with zero attached hydrogens (tertiary/aromatic N) is 4. The quantitative estimate of drug-likeness (QED) is 0.581. The molecule has 0 amide bonds. The van der Waals surface area contributed by atoms with Crippen LogP contribution in [-0.2, 0) is 0 Å². The Hall–Kier alpha value is -3.29. The van der Waals surface area contributed by atoms with Gasteiger partial charge in [-0.25, -0.2) is 14.5 Å². The predicted molar refractivity (Wildman–Crippen MR) is 72.5 cm³/mol. The molecule has 0 saturated carbocycles. The third-order valence-electron chi connectivity index (χ3n) is 2.97. The van der Waals surface area contributed by atoms with Gasteiger partial charge in [-0.15, -0.1) is 0 Å². The third kappa shape index (κ3) is 2.08. The summed E-state index contributed by atoms with van der Waals surface area (Å²) in [5.41, 5.74) is 0.00650. The van der Waals surface area contributed by atoms with Crippen LogP contribution in [0.5, 0.6) is 0 Å². The minimum atomic E-state index is -1.30. The van der Waals surface area contributed by atoms with Crippen LogP contribution < -0.4 is 0 Å². The molecule has 0 atom stereocenters. The predicted octanol–water partition coefficient (Wildman–Crippen LogP) is 2.03. The lowest BCUT2D eigenvalue weighted by molar-refractivity contribution is -0.385. The smallest absolute Gasteiger partial charge is 0.339 e. The van der Waals surface area contributed by atoms with Crippen molar-refractivity contribution in [1.29, 1.82) is 0 Å². The SMILES string of the molecule is O=C(O)c1cc([N+](=O)[O-])cnc1-n1ncc2ccccc21. The fourth-order valence-corrected chi connectivity index (χ4v) is 2.01. The van der Waals surface area contributed by atoms with Crippen LogP contribution >= 0.6 is 0 Å². The molecule has 8 heteroatoms. The molecule has 8 nitrogen and oxygen atoms in total. The minimum absolute atomic E-state index is 0.0364. The van der Waals surface area contributed by atoms with Crippen molar-refractivity contribution >= 4 is 22.6 Å². The fraction of sp³-hybridized carbons (Fsp3) is 0. The Morgan fingerprint density at radius 2 is 2.05 bits per heavy atom. The maximum atomic E-state index is 11.3. The number of aromatic nitrogens is 3. The summed E-state index contributed by atoms with van der Waals surface area (Å²) in [4.78, 5) is 25.3. The van der Waals surface area contributed by atoms with Gasteiger partial charge in [0, 0.05) is 11.5 Å². The molecule has 21 heavy (non-hydrogen) atoms. The van der Waals surface area contributed by atoms with Crippen molar-refractivity contribution in [2.24, 2.45) is 0 Å². The van der Waals surface area contributed by atoms with E-state index in [4.69, 9.17) is 0 Å². The molecule has 0 unspecified atom stereocenters. The molecular formula is C13H8N4O4. The highest BCUT2D eigenvalue weighted by Crippen LogP contribution is 2.22. The van der Waals surface area contributed by atoms with Crippen LogP contribution in [0.4, 0.5) is 5.69 Å². The first kappa shape index (κ1) is 12.7. The van der Waals surface area contributed by atoms with Gasteiger partial charge in [0.25, 0.3) is 5.69 Å². The topological polar surface area (TPSA) is 111 Å². The summed E-state index contributed by atoms with van der Waals surface area (Å²) in [5.74, 6) is -1.27. The van der Waals surface area contributed by atoms with Crippen LogP contribution in [0.2, 0.25) is 0 Å². The number of pyridine rings is 1. The van der Waals surface area contributed by atoms with Crippen LogP contribution in [0.15, 0.2) is 42.7 Å². The van der Waals surface area contributed by atoms with Gasteiger partial charge in [-0.1, -0.05) is 18.2 Å². The molecule has 0 aliphatic rings. The van der Waals surface area contributed by atoms with Crippen molar-refractivity contribution in [2.75, 3.05) is 0 Å². The van der Waals surface area contributed by atoms with E-state index in [1.54, 1.807) is 18.3 Å². The van der Waals surface area contributed by atoms with E-state index in [-0.39, 0.29) is 17.1 Å². The summed E-state index contributed by atoms with van der Waals surface area (Å²) in [6.07, 6.45) is 2.59. The van der Waals surface area contributed by atoms with Gasteiger partial charge in [-0.05, 0) is 6.07 Å². The summed E-state index contributed by atoms with van der Waals surface area (Å²) in [6, 6.07) is 8.17. The highest BCUT2D eigenvalue weighted by Gasteiger charge is 2.20. The number of nitro groups is 1. The van der Waals surface area contributed by atoms with Crippen molar-refractivity contribution in [1.82, 2.24) is 14.8 Å². The summed E-state index contributed by atoms with van der Waals surface area (Å²) >= 11 is 0. The number of carbonyl (C=O) groups is 1. The molecule has 0 aliphatic heterocycles. The number of hydrogen-bond donors (Lipinski definition) is 1. The first-order chi connectivity index (χ1) is 10.1. The lowest BCUT2D eigenvalue weighted by atomic mass is 10.2. The van der Waals surface area contributed by atoms with Crippen molar-refractivity contribution < 1.29 is 14.8 Å². The molecule has 1 aromatic carbocycles. The van der Waals surface area contributed by atoms with E-state index < -0.39 is 10.9 Å². The van der Waals surface area contributed by atoms with Crippen molar-refractivity contribution in [2.45, 2.75) is 0 Å². The van der Waals surface area contributed by atoms with Gasteiger partial charge in [-0.3, -0.25) is 10.1 Å². The van der Waals surface area contributed by atoms with Crippen molar-refractivity contribution in [3.63, 3.8) is 0 Å². The number of hydrogen-bond acceptors (Lipinski definition) is 5. The highest BCUT2D eigenvalue weighted by atomic mass is 16.6. The first-order valence-corrected chi connectivity index (χ1v) is 5.89. The number of carboxylic acid groups (broad SMARTS) is 1. The normalized spacial score (nSPS) is 10.7. The van der Waals surface area contributed by atoms with E-state index in [2.05, 4.69) is 10.1 Å². The molecule has 1 N–H and O–H groups in total. The second-order valence-electron chi connectivity index (χ2n) is 4.24. The molecule has 0 spiro atoms. The monoisotopic (exact) mass is 284 g/mol. The van der Waals surface area contributed by atoms with Crippen LogP contribution in [0.3, 0.4) is 0 Å². The Bertz CT molecular complexity index is 871. The average Bonchev–Trinajstić information content (AvgIpc) is 2.90. The first-order valence-electron chi connectivity index (χ1n) is 5.89. The zero-order chi connectivity index (χ0) is 15.0. The van der Waals surface area contributed by atoms with Crippen molar-refractivity contribution in [3.05, 3.63) is 58.4 Å². The van der Waals surface area contributed by atoms with E-state index in [0.717, 1.165) is 17.6 Å². The van der Waals surface area contributed by atoms with Gasteiger partial charge >= 0.3 is 5.97 Å². The van der Waals surface area contributed by atoms with Gasteiger partial charge in [0.15, 0.2) is 5.82 Å². The maximum absolute atomic E-state index is 11.3. The van der Waals surface area contributed by atoms with Gasteiger partial charge < -0.3 is 5.11 Å². The highest BCUT2D eigenvalue weighted by molar-refractivity contribution is 5.93. The van der Waals surface area contributed by atoms with Gasteiger partial charge in [0.2, 0.25) is 0 Å². The van der Waals surface area contributed by atoms with Gasteiger partial charge in [0.1, 0.15) is 11.8 Å². The maximum Gasteiger partial charge on any atom is 0.339 e. The Morgan fingerprint density at radius 1 is 1.29 bits per heavy atom.